The van der Waals surface area contributed by atoms with Crippen LogP contribution in [-0.2, 0) is 18.3 Å². The molecular weight excluding hydrogens is 528 g/mol. The van der Waals surface area contributed by atoms with Crippen LogP contribution in [0, 0.1) is 5.92 Å². The molecule has 1 aliphatic heterocycles. The predicted octanol–water partition coefficient (Wildman–Crippen LogP) is 5.20. The Hall–Kier alpha value is -3.60. The lowest BCUT2D eigenvalue weighted by Gasteiger charge is -2.33. The van der Waals surface area contributed by atoms with Gasteiger partial charge in [0.25, 0.3) is 5.91 Å². The number of hydrogen-bond acceptors (Lipinski definition) is 7. The fraction of sp³-hybridized carbons (Fsp3) is 0.517. The standard InChI is InChI=1S/C29H36N6O4S/c1-29(2,3)32-28(37)39-19-7-6-10-34(15-19)27(36)18-11-20-24(22(12-18)38-5)33(4)25(31-20)21-13-23-26(30-16-40-23)35(21)14-17-8-9-17/h11-13,16-17,19H,6-10,14-15H2,1-5H3,(H,32,37)/t19-/m1/s1. The third-order valence-corrected chi connectivity index (χ3v) is 8.34. The minimum atomic E-state index is -0.461. The zero-order valence-electron chi connectivity index (χ0n) is 23.7. The van der Waals surface area contributed by atoms with Gasteiger partial charge in [-0.1, -0.05) is 0 Å². The number of likely N-dealkylation sites (tertiary alicyclic amines) is 1. The molecule has 11 heteroatoms. The number of carbonyl (C=O) groups excluding carboxylic acids is 2. The Morgan fingerprint density at radius 3 is 2.70 bits per heavy atom. The van der Waals surface area contributed by atoms with E-state index in [0.29, 0.717) is 35.8 Å². The first kappa shape index (κ1) is 26.6. The lowest BCUT2D eigenvalue weighted by Crippen LogP contribution is -2.47. The van der Waals surface area contributed by atoms with Gasteiger partial charge in [-0.2, -0.15) is 0 Å². The van der Waals surface area contributed by atoms with Gasteiger partial charge in [-0.05, 0) is 70.6 Å². The number of hydrogen-bond donors (Lipinski definition) is 1. The van der Waals surface area contributed by atoms with E-state index in [-0.39, 0.29) is 17.6 Å². The van der Waals surface area contributed by atoms with Crippen molar-refractivity contribution < 1.29 is 19.1 Å². The molecule has 4 heterocycles. The predicted molar refractivity (Wildman–Crippen MR) is 155 cm³/mol. The van der Waals surface area contributed by atoms with Gasteiger partial charge < -0.3 is 28.8 Å². The number of thiazole rings is 1. The summed E-state index contributed by atoms with van der Waals surface area (Å²) in [5.41, 5.74) is 5.57. The molecule has 1 aromatic carbocycles. The number of benzene rings is 1. The number of fused-ring (bicyclic) bond motifs is 2. The second kappa shape index (κ2) is 10.1. The van der Waals surface area contributed by atoms with Gasteiger partial charge in [0, 0.05) is 31.2 Å². The topological polar surface area (TPSA) is 104 Å². The highest BCUT2D eigenvalue weighted by Gasteiger charge is 2.30. The van der Waals surface area contributed by atoms with Crippen molar-refractivity contribution in [2.75, 3.05) is 20.2 Å². The van der Waals surface area contributed by atoms with E-state index in [2.05, 4.69) is 20.9 Å². The molecule has 2 fully saturated rings. The third-order valence-electron chi connectivity index (χ3n) is 7.57. The Bertz CT molecular complexity index is 1590. The van der Waals surface area contributed by atoms with Crippen LogP contribution in [0.2, 0.25) is 0 Å². The van der Waals surface area contributed by atoms with Crippen LogP contribution in [0.1, 0.15) is 56.8 Å². The molecule has 0 unspecified atom stereocenters. The summed E-state index contributed by atoms with van der Waals surface area (Å²) in [5.74, 6) is 1.97. The number of carbonyl (C=O) groups is 2. The molecule has 4 aromatic rings. The number of methoxy groups -OCH3 is 1. The number of rotatable bonds is 6. The summed E-state index contributed by atoms with van der Waals surface area (Å²) in [6.45, 7) is 7.60. The highest BCUT2D eigenvalue weighted by atomic mass is 32.1. The highest BCUT2D eigenvalue weighted by molar-refractivity contribution is 7.16. The molecular formula is C29H36N6O4S. The molecule has 10 nitrogen and oxygen atoms in total. The van der Waals surface area contributed by atoms with Crippen LogP contribution >= 0.6 is 11.3 Å². The van der Waals surface area contributed by atoms with Gasteiger partial charge in [-0.3, -0.25) is 4.79 Å². The van der Waals surface area contributed by atoms with Gasteiger partial charge in [0.2, 0.25) is 0 Å². The van der Waals surface area contributed by atoms with E-state index in [0.717, 1.165) is 46.8 Å². The average molecular weight is 565 g/mol. The van der Waals surface area contributed by atoms with Gasteiger partial charge in [-0.15, -0.1) is 11.3 Å². The molecule has 1 N–H and O–H groups in total. The second-order valence-corrected chi connectivity index (χ2v) is 12.8. The minimum absolute atomic E-state index is 0.126. The van der Waals surface area contributed by atoms with Crippen molar-refractivity contribution in [2.24, 2.45) is 13.0 Å². The number of piperidine rings is 1. The molecule has 2 amide bonds. The van der Waals surface area contributed by atoms with Crippen molar-refractivity contribution >= 4 is 44.7 Å². The maximum atomic E-state index is 13.7. The minimum Gasteiger partial charge on any atom is -0.494 e. The maximum Gasteiger partial charge on any atom is 0.407 e. The molecule has 0 bridgehead atoms. The van der Waals surface area contributed by atoms with Crippen LogP contribution in [0.15, 0.2) is 23.7 Å². The molecule has 1 aliphatic carbocycles. The van der Waals surface area contributed by atoms with Gasteiger partial charge >= 0.3 is 6.09 Å². The van der Waals surface area contributed by atoms with Gasteiger partial charge in [-0.25, -0.2) is 14.8 Å². The first-order valence-electron chi connectivity index (χ1n) is 13.9. The number of aryl methyl sites for hydroxylation is 1. The summed E-state index contributed by atoms with van der Waals surface area (Å²) >= 11 is 1.63. The summed E-state index contributed by atoms with van der Waals surface area (Å²) in [5, 5.41) is 2.83. The van der Waals surface area contributed by atoms with Crippen LogP contribution in [0.5, 0.6) is 5.75 Å². The molecule has 1 atom stereocenters. The van der Waals surface area contributed by atoms with Crippen LogP contribution in [0.25, 0.3) is 32.9 Å². The van der Waals surface area contributed by atoms with E-state index in [1.165, 1.54) is 12.8 Å². The smallest absolute Gasteiger partial charge is 0.407 e. The van der Waals surface area contributed by atoms with Crippen molar-refractivity contribution in [3.63, 3.8) is 0 Å². The van der Waals surface area contributed by atoms with Gasteiger partial charge in [0.15, 0.2) is 11.5 Å². The van der Waals surface area contributed by atoms with Crippen LogP contribution in [0.3, 0.4) is 0 Å². The summed E-state index contributed by atoms with van der Waals surface area (Å²) in [4.78, 5) is 37.4. The molecule has 212 valence electrons. The molecule has 0 radical (unpaired) electrons. The number of alkyl carbamates (subject to hydrolysis) is 1. The summed E-state index contributed by atoms with van der Waals surface area (Å²) in [6.07, 6.45) is 3.16. The number of amides is 2. The molecule has 2 aliphatic rings. The monoisotopic (exact) mass is 564 g/mol. The highest BCUT2D eigenvalue weighted by Crippen LogP contribution is 2.38. The molecule has 6 rings (SSSR count). The summed E-state index contributed by atoms with van der Waals surface area (Å²) in [6, 6.07) is 5.80. The van der Waals surface area contributed by atoms with E-state index in [4.69, 9.17) is 14.5 Å². The van der Waals surface area contributed by atoms with Crippen LogP contribution in [0.4, 0.5) is 4.79 Å². The lowest BCUT2D eigenvalue weighted by molar-refractivity contribution is 0.0322. The molecule has 1 saturated heterocycles. The quantitative estimate of drug-likeness (QED) is 0.345. The SMILES string of the molecule is COc1cc(C(=O)N2CCC[C@@H](OC(=O)NC(C)(C)C)C2)cc2nc(-c3cc4scnc4n3CC3CC3)n(C)c12. The van der Waals surface area contributed by atoms with Crippen molar-refractivity contribution in [1.29, 1.82) is 0 Å². The van der Waals surface area contributed by atoms with E-state index in [1.54, 1.807) is 29.4 Å². The third kappa shape index (κ3) is 5.14. The summed E-state index contributed by atoms with van der Waals surface area (Å²) in [7, 11) is 3.60. The summed E-state index contributed by atoms with van der Waals surface area (Å²) < 4.78 is 16.9. The first-order chi connectivity index (χ1) is 19.1. The largest absolute Gasteiger partial charge is 0.494 e. The van der Waals surface area contributed by atoms with Crippen molar-refractivity contribution in [3.05, 3.63) is 29.3 Å². The zero-order chi connectivity index (χ0) is 28.2. The molecule has 3 aromatic heterocycles. The molecule has 40 heavy (non-hydrogen) atoms. The number of nitrogens with one attached hydrogen (secondary N) is 1. The Morgan fingerprint density at radius 2 is 1.98 bits per heavy atom. The van der Waals surface area contributed by atoms with E-state index >= 15 is 0 Å². The van der Waals surface area contributed by atoms with E-state index in [9.17, 15) is 9.59 Å². The Balaban J connectivity index is 1.30. The fourth-order valence-electron chi connectivity index (χ4n) is 5.50. The number of nitrogens with zero attached hydrogens (tertiary/aromatic N) is 5. The Labute approximate surface area is 237 Å². The average Bonchev–Trinajstić information content (AvgIpc) is 3.35. The normalized spacial score (nSPS) is 17.9. The lowest BCUT2D eigenvalue weighted by atomic mass is 10.1. The fourth-order valence-corrected chi connectivity index (χ4v) is 6.22. The zero-order valence-corrected chi connectivity index (χ0v) is 24.5. The van der Waals surface area contributed by atoms with Crippen LogP contribution < -0.4 is 10.1 Å². The number of aromatic nitrogens is 4. The number of ether oxygens (including phenoxy) is 2. The van der Waals surface area contributed by atoms with Crippen molar-refractivity contribution in [1.82, 2.24) is 29.3 Å². The second-order valence-electron chi connectivity index (χ2n) is 12.0. The molecule has 1 saturated carbocycles. The Kier molecular flexibility index (Phi) is 6.72. The van der Waals surface area contributed by atoms with Crippen molar-refractivity contribution in [3.8, 4) is 17.3 Å². The molecule has 0 spiro atoms. The van der Waals surface area contributed by atoms with Gasteiger partial charge in [0.05, 0.1) is 35.1 Å². The van der Waals surface area contributed by atoms with Crippen LogP contribution in [-0.4, -0.2) is 67.8 Å². The van der Waals surface area contributed by atoms with E-state index in [1.807, 2.05) is 44.0 Å². The van der Waals surface area contributed by atoms with E-state index < -0.39 is 6.09 Å². The first-order valence-corrected chi connectivity index (χ1v) is 14.7. The maximum absolute atomic E-state index is 13.7. The van der Waals surface area contributed by atoms with Crippen molar-refractivity contribution in [2.45, 2.75) is 64.6 Å². The van der Waals surface area contributed by atoms with Gasteiger partial charge in [0.1, 0.15) is 17.4 Å². The Morgan fingerprint density at radius 1 is 1.18 bits per heavy atom. The number of imidazole rings is 1.